The second-order valence-electron chi connectivity index (χ2n) is 2.06. The molecule has 0 aromatic rings. The van der Waals surface area contributed by atoms with Gasteiger partial charge in [0.15, 0.2) is 0 Å². The molecule has 0 rings (SSSR count). The molecule has 0 aromatic heterocycles. The van der Waals surface area contributed by atoms with E-state index in [4.69, 9.17) is 11.7 Å². The molecule has 0 atom stereocenters. The molecule has 0 aliphatic carbocycles. The first-order chi connectivity index (χ1) is 5.54. The summed E-state index contributed by atoms with van der Waals surface area (Å²) in [6.07, 6.45) is 0. The van der Waals surface area contributed by atoms with Crippen LogP contribution in [0, 0.1) is 0 Å². The van der Waals surface area contributed by atoms with Crippen LogP contribution in [0.25, 0.3) is 0 Å². The Morgan fingerprint density at radius 3 is 1.58 bits per heavy atom. The van der Waals surface area contributed by atoms with Crippen molar-refractivity contribution in [2.75, 3.05) is 14.1 Å². The lowest BCUT2D eigenvalue weighted by Crippen LogP contribution is -2.57. The van der Waals surface area contributed by atoms with Gasteiger partial charge in [0.05, 0.1) is 0 Å². The van der Waals surface area contributed by atoms with Crippen LogP contribution in [-0.2, 0) is 0 Å². The van der Waals surface area contributed by atoms with Crippen LogP contribution >= 0.6 is 0 Å². The van der Waals surface area contributed by atoms with Gasteiger partial charge in [0.2, 0.25) is 0 Å². The summed E-state index contributed by atoms with van der Waals surface area (Å²) in [5.41, 5.74) is 3.58. The van der Waals surface area contributed by atoms with Gasteiger partial charge in [-0.05, 0) is 0 Å². The van der Waals surface area contributed by atoms with Crippen molar-refractivity contribution in [2.45, 2.75) is 0 Å². The number of rotatable bonds is 1. The maximum absolute atomic E-state index is 10.9. The Kier molecular flexibility index (Phi) is 3.97. The van der Waals surface area contributed by atoms with Crippen LogP contribution < -0.4 is 22.5 Å². The molecule has 8 nitrogen and oxygen atoms in total. The quantitative estimate of drug-likeness (QED) is 0.208. The molecular weight excluding hydrogens is 164 g/mol. The Morgan fingerprint density at radius 2 is 1.42 bits per heavy atom. The Hall–Kier alpha value is -1.38. The number of urea groups is 2. The topological polar surface area (TPSA) is 117 Å². The summed E-state index contributed by atoms with van der Waals surface area (Å²) in [7, 11) is 2.98. The van der Waals surface area contributed by atoms with Crippen molar-refractivity contribution in [3.8, 4) is 0 Å². The highest BCUT2D eigenvalue weighted by Gasteiger charge is 2.21. The van der Waals surface area contributed by atoms with Gasteiger partial charge in [-0.15, -0.1) is 0 Å². The first kappa shape index (κ1) is 10.6. The van der Waals surface area contributed by atoms with E-state index < -0.39 is 12.1 Å². The van der Waals surface area contributed by atoms with Gasteiger partial charge in [-0.25, -0.2) is 26.3 Å². The van der Waals surface area contributed by atoms with Crippen molar-refractivity contribution in [3.05, 3.63) is 0 Å². The van der Waals surface area contributed by atoms with Crippen molar-refractivity contribution in [1.82, 2.24) is 20.9 Å². The molecule has 8 heteroatoms. The highest BCUT2D eigenvalue weighted by Crippen LogP contribution is 1.91. The fraction of sp³-hybridized carbons (Fsp3) is 0.500. The van der Waals surface area contributed by atoms with Crippen LogP contribution in [-0.4, -0.2) is 36.2 Å². The molecule has 0 saturated heterocycles. The molecule has 0 aliphatic rings. The van der Waals surface area contributed by atoms with Crippen molar-refractivity contribution < 1.29 is 9.59 Å². The average Bonchev–Trinajstić information content (AvgIpc) is 2.03. The average molecular weight is 176 g/mol. The number of nitrogens with one attached hydrogen (secondary N) is 2. The number of carbonyl (C=O) groups is 2. The van der Waals surface area contributed by atoms with Crippen molar-refractivity contribution in [2.24, 2.45) is 11.7 Å². The van der Waals surface area contributed by atoms with Gasteiger partial charge >= 0.3 is 12.1 Å². The minimum atomic E-state index is -0.775. The molecule has 0 saturated carbocycles. The lowest BCUT2D eigenvalue weighted by Gasteiger charge is -2.24. The van der Waals surface area contributed by atoms with Gasteiger partial charge in [-0.1, -0.05) is 0 Å². The summed E-state index contributed by atoms with van der Waals surface area (Å²) >= 11 is 0. The Bertz CT molecular complexity index is 164. The number of imide groups is 1. The molecule has 0 aromatic carbocycles. The molecule has 0 fully saturated rings. The van der Waals surface area contributed by atoms with E-state index in [0.717, 1.165) is 0 Å². The minimum Gasteiger partial charge on any atom is -0.274 e. The molecule has 0 unspecified atom stereocenters. The predicted octanol–water partition coefficient (Wildman–Crippen LogP) is -2.07. The zero-order chi connectivity index (χ0) is 9.72. The molecule has 12 heavy (non-hydrogen) atoms. The molecule has 4 amide bonds. The smallest absolute Gasteiger partial charge is 0.274 e. The van der Waals surface area contributed by atoms with E-state index in [1.165, 1.54) is 19.1 Å². The summed E-state index contributed by atoms with van der Waals surface area (Å²) in [6.45, 7) is 0. The van der Waals surface area contributed by atoms with Crippen LogP contribution in [0.1, 0.15) is 0 Å². The SMILES string of the molecule is CN(C)N(C(=O)NN)C(=O)NN. The largest absolute Gasteiger partial charge is 0.354 e. The first-order valence-corrected chi connectivity index (χ1v) is 3.03. The van der Waals surface area contributed by atoms with E-state index in [9.17, 15) is 9.59 Å². The van der Waals surface area contributed by atoms with Crippen molar-refractivity contribution >= 4 is 12.1 Å². The van der Waals surface area contributed by atoms with Gasteiger partial charge in [0, 0.05) is 14.1 Å². The highest BCUT2D eigenvalue weighted by molar-refractivity contribution is 5.92. The van der Waals surface area contributed by atoms with Gasteiger partial charge in [-0.2, -0.15) is 5.01 Å². The molecule has 6 N–H and O–H groups in total. The van der Waals surface area contributed by atoms with E-state index in [-0.39, 0.29) is 0 Å². The highest BCUT2D eigenvalue weighted by atomic mass is 16.2. The van der Waals surface area contributed by atoms with Crippen LogP contribution in [0.5, 0.6) is 0 Å². The van der Waals surface area contributed by atoms with Gasteiger partial charge in [0.1, 0.15) is 0 Å². The fourth-order valence-corrected chi connectivity index (χ4v) is 0.578. The van der Waals surface area contributed by atoms with Crippen LogP contribution in [0.2, 0.25) is 0 Å². The number of nitrogens with two attached hydrogens (primary N) is 2. The second-order valence-corrected chi connectivity index (χ2v) is 2.06. The Morgan fingerprint density at radius 1 is 1.08 bits per heavy atom. The number of hydrazine groups is 3. The van der Waals surface area contributed by atoms with E-state index in [2.05, 4.69) is 0 Å². The Balaban J connectivity index is 4.43. The van der Waals surface area contributed by atoms with Crippen LogP contribution in [0.4, 0.5) is 9.59 Å². The molecule has 0 radical (unpaired) electrons. The first-order valence-electron chi connectivity index (χ1n) is 3.03. The maximum Gasteiger partial charge on any atom is 0.354 e. The number of hydrogen-bond donors (Lipinski definition) is 4. The summed E-state index contributed by atoms with van der Waals surface area (Å²) < 4.78 is 0. The fourth-order valence-electron chi connectivity index (χ4n) is 0.578. The lowest BCUT2D eigenvalue weighted by molar-refractivity contribution is 0.0883. The third-order valence-electron chi connectivity index (χ3n) is 1.03. The predicted molar refractivity (Wildman–Crippen MR) is 41.0 cm³/mol. The Labute approximate surface area is 69.4 Å². The third kappa shape index (κ3) is 2.34. The van der Waals surface area contributed by atoms with E-state index >= 15 is 0 Å². The molecule has 70 valence electrons. The maximum atomic E-state index is 10.9. The monoisotopic (exact) mass is 176 g/mol. The molecule has 0 aliphatic heterocycles. The van der Waals surface area contributed by atoms with E-state index in [0.29, 0.717) is 5.01 Å². The van der Waals surface area contributed by atoms with Gasteiger partial charge < -0.3 is 0 Å². The van der Waals surface area contributed by atoms with Crippen LogP contribution in [0.3, 0.4) is 0 Å². The summed E-state index contributed by atoms with van der Waals surface area (Å²) in [6, 6.07) is -1.55. The summed E-state index contributed by atoms with van der Waals surface area (Å²) in [5, 5.41) is 1.92. The zero-order valence-corrected chi connectivity index (χ0v) is 6.87. The van der Waals surface area contributed by atoms with Gasteiger partial charge in [-0.3, -0.25) is 10.9 Å². The third-order valence-corrected chi connectivity index (χ3v) is 1.03. The number of carbonyl (C=O) groups excluding carboxylic acids is 2. The number of nitrogens with zero attached hydrogens (tertiary/aromatic N) is 2. The van der Waals surface area contributed by atoms with Crippen molar-refractivity contribution in [3.63, 3.8) is 0 Å². The zero-order valence-electron chi connectivity index (χ0n) is 6.87. The molecule has 0 bridgehead atoms. The number of amides is 4. The summed E-state index contributed by atoms with van der Waals surface area (Å²) in [4.78, 5) is 21.8. The van der Waals surface area contributed by atoms with E-state index in [1.54, 1.807) is 10.9 Å². The normalized spacial score (nSPS) is 9.42. The van der Waals surface area contributed by atoms with Crippen LogP contribution in [0.15, 0.2) is 0 Å². The lowest BCUT2D eigenvalue weighted by atomic mass is 10.8. The molecule has 0 heterocycles. The molecule has 0 spiro atoms. The minimum absolute atomic E-state index is 0.694. The standard InChI is InChI=1S/C4H12N6O2/c1-9(2)10(3(11)7-5)4(12)8-6/h5-6H2,1-2H3,(H,7,11)(H,8,12). The molecular formula is C4H12N6O2. The van der Waals surface area contributed by atoms with Gasteiger partial charge in [0.25, 0.3) is 0 Å². The number of hydrogen-bond acceptors (Lipinski definition) is 5. The van der Waals surface area contributed by atoms with E-state index in [1.807, 2.05) is 0 Å². The second kappa shape index (κ2) is 4.49. The van der Waals surface area contributed by atoms with Crippen molar-refractivity contribution in [1.29, 1.82) is 0 Å². The summed E-state index contributed by atoms with van der Waals surface area (Å²) in [5.74, 6) is 9.63.